The summed E-state index contributed by atoms with van der Waals surface area (Å²) in [6.45, 7) is 8.05. The third-order valence-electron chi connectivity index (χ3n) is 3.64. The van der Waals surface area contributed by atoms with E-state index in [1.165, 1.54) is 0 Å². The minimum Gasteiger partial charge on any atom is -0.330 e. The molecule has 1 atom stereocenters. The van der Waals surface area contributed by atoms with Gasteiger partial charge in [0.05, 0.1) is 0 Å². The Labute approximate surface area is 117 Å². The Morgan fingerprint density at radius 2 is 1.84 bits per heavy atom. The number of piperazine rings is 1. The summed E-state index contributed by atoms with van der Waals surface area (Å²) in [4.78, 5) is 2.36. The summed E-state index contributed by atoms with van der Waals surface area (Å²) in [6, 6.07) is 0.485. The molecule has 6 nitrogen and oxygen atoms in total. The first-order chi connectivity index (χ1) is 9.05. The van der Waals surface area contributed by atoms with Gasteiger partial charge in [0.15, 0.2) is 0 Å². The minimum absolute atomic E-state index is 0.485. The summed E-state index contributed by atoms with van der Waals surface area (Å²) in [5.74, 6) is 0. The van der Waals surface area contributed by atoms with E-state index in [2.05, 4.69) is 16.5 Å². The van der Waals surface area contributed by atoms with Crippen molar-refractivity contribution in [1.82, 2.24) is 13.9 Å². The van der Waals surface area contributed by atoms with Gasteiger partial charge < -0.3 is 5.73 Å². The van der Waals surface area contributed by atoms with E-state index in [-0.39, 0.29) is 0 Å². The monoisotopic (exact) mass is 292 g/mol. The van der Waals surface area contributed by atoms with Crippen molar-refractivity contribution < 1.29 is 8.42 Å². The molecular formula is C12H28N4O2S. The van der Waals surface area contributed by atoms with Crippen molar-refractivity contribution in [3.63, 3.8) is 0 Å². The second kappa shape index (κ2) is 8.16. The van der Waals surface area contributed by atoms with Crippen molar-refractivity contribution in [3.8, 4) is 0 Å². The van der Waals surface area contributed by atoms with Gasteiger partial charge in [-0.1, -0.05) is 13.8 Å². The zero-order valence-electron chi connectivity index (χ0n) is 12.1. The Kier molecular flexibility index (Phi) is 7.23. The van der Waals surface area contributed by atoms with Crippen LogP contribution in [-0.4, -0.2) is 62.9 Å². The van der Waals surface area contributed by atoms with Crippen molar-refractivity contribution >= 4 is 10.2 Å². The maximum atomic E-state index is 12.0. The Balaban J connectivity index is 2.48. The zero-order chi connectivity index (χ0) is 14.3. The predicted octanol–water partition coefficient (Wildman–Crippen LogP) is -0.0242. The first-order valence-electron chi connectivity index (χ1n) is 7.24. The van der Waals surface area contributed by atoms with Gasteiger partial charge in [0.25, 0.3) is 10.2 Å². The normalized spacial score (nSPS) is 20.6. The third-order valence-corrected chi connectivity index (χ3v) is 5.25. The number of hydrogen-bond donors (Lipinski definition) is 2. The molecular weight excluding hydrogens is 264 g/mol. The van der Waals surface area contributed by atoms with Gasteiger partial charge in [-0.25, -0.2) is 4.72 Å². The summed E-state index contributed by atoms with van der Waals surface area (Å²) >= 11 is 0. The molecule has 0 spiro atoms. The fraction of sp³-hybridized carbons (Fsp3) is 1.00. The minimum atomic E-state index is -3.28. The second-order valence-corrected chi connectivity index (χ2v) is 6.73. The maximum absolute atomic E-state index is 12.0. The molecule has 1 aliphatic heterocycles. The van der Waals surface area contributed by atoms with Gasteiger partial charge in [0.2, 0.25) is 0 Å². The van der Waals surface area contributed by atoms with E-state index in [0.29, 0.717) is 32.2 Å². The van der Waals surface area contributed by atoms with E-state index in [0.717, 1.165) is 32.4 Å². The van der Waals surface area contributed by atoms with Crippen LogP contribution in [0.5, 0.6) is 0 Å². The highest BCUT2D eigenvalue weighted by atomic mass is 32.2. The topological polar surface area (TPSA) is 78.7 Å². The highest BCUT2D eigenvalue weighted by molar-refractivity contribution is 7.87. The largest absolute Gasteiger partial charge is 0.330 e. The van der Waals surface area contributed by atoms with Crippen molar-refractivity contribution in [3.05, 3.63) is 0 Å². The maximum Gasteiger partial charge on any atom is 0.279 e. The summed E-state index contributed by atoms with van der Waals surface area (Å²) < 4.78 is 28.2. The summed E-state index contributed by atoms with van der Waals surface area (Å²) in [6.07, 6.45) is 2.86. The van der Waals surface area contributed by atoms with Gasteiger partial charge in [0.1, 0.15) is 0 Å². The molecule has 1 heterocycles. The molecule has 0 radical (unpaired) electrons. The molecule has 0 saturated carbocycles. The molecule has 1 saturated heterocycles. The van der Waals surface area contributed by atoms with Gasteiger partial charge in [-0.05, 0) is 25.8 Å². The summed E-state index contributed by atoms with van der Waals surface area (Å²) in [5.41, 5.74) is 5.62. The lowest BCUT2D eigenvalue weighted by Gasteiger charge is -2.38. The highest BCUT2D eigenvalue weighted by Crippen LogP contribution is 2.13. The molecule has 0 aliphatic carbocycles. The average molecular weight is 292 g/mol. The van der Waals surface area contributed by atoms with Crippen LogP contribution < -0.4 is 10.5 Å². The first-order valence-corrected chi connectivity index (χ1v) is 8.68. The van der Waals surface area contributed by atoms with E-state index >= 15 is 0 Å². The molecule has 3 N–H and O–H groups in total. The quantitative estimate of drug-likeness (QED) is 0.659. The lowest BCUT2D eigenvalue weighted by atomic mass is 10.1. The van der Waals surface area contributed by atoms with Crippen molar-refractivity contribution in [1.29, 1.82) is 0 Å². The van der Waals surface area contributed by atoms with Crippen LogP contribution in [-0.2, 0) is 10.2 Å². The number of nitrogens with zero attached hydrogens (tertiary/aromatic N) is 2. The van der Waals surface area contributed by atoms with Crippen LogP contribution >= 0.6 is 0 Å². The molecule has 0 amide bonds. The van der Waals surface area contributed by atoms with Crippen LogP contribution in [0.1, 0.15) is 33.1 Å². The Hall–Kier alpha value is -0.210. The van der Waals surface area contributed by atoms with E-state index in [1.54, 1.807) is 4.31 Å². The van der Waals surface area contributed by atoms with Gasteiger partial charge in [-0.3, -0.25) is 4.90 Å². The third kappa shape index (κ3) is 5.00. The molecule has 19 heavy (non-hydrogen) atoms. The van der Waals surface area contributed by atoms with Crippen LogP contribution in [0.2, 0.25) is 0 Å². The van der Waals surface area contributed by atoms with E-state index in [1.807, 2.05) is 6.92 Å². The Morgan fingerprint density at radius 1 is 1.21 bits per heavy atom. The molecule has 0 aromatic heterocycles. The van der Waals surface area contributed by atoms with Crippen LogP contribution in [0.4, 0.5) is 0 Å². The van der Waals surface area contributed by atoms with Crippen LogP contribution in [0.15, 0.2) is 0 Å². The second-order valence-electron chi connectivity index (χ2n) is 4.97. The lowest BCUT2D eigenvalue weighted by Crippen LogP contribution is -2.54. The van der Waals surface area contributed by atoms with E-state index in [4.69, 9.17) is 5.73 Å². The molecule has 1 unspecified atom stereocenters. The molecule has 0 aromatic rings. The molecule has 7 heteroatoms. The fourth-order valence-electron chi connectivity index (χ4n) is 2.47. The van der Waals surface area contributed by atoms with E-state index < -0.39 is 10.2 Å². The van der Waals surface area contributed by atoms with Gasteiger partial charge in [-0.15, -0.1) is 0 Å². The SMILES string of the molecule is CCCNS(=O)(=O)N1CCN(C(CC)CCN)CC1. The summed E-state index contributed by atoms with van der Waals surface area (Å²) in [5, 5.41) is 0. The zero-order valence-corrected chi connectivity index (χ0v) is 13.0. The molecule has 0 bridgehead atoms. The molecule has 0 aromatic carbocycles. The van der Waals surface area contributed by atoms with Gasteiger partial charge in [0, 0.05) is 38.8 Å². The smallest absolute Gasteiger partial charge is 0.279 e. The first kappa shape index (κ1) is 16.8. The predicted molar refractivity (Wildman–Crippen MR) is 78.1 cm³/mol. The van der Waals surface area contributed by atoms with Crippen LogP contribution in [0.3, 0.4) is 0 Å². The van der Waals surface area contributed by atoms with Crippen molar-refractivity contribution in [2.75, 3.05) is 39.3 Å². The standard InChI is InChI=1S/C12H28N4O2S/c1-3-7-14-19(17,18)16-10-8-15(9-11-16)12(4-2)5-6-13/h12,14H,3-11,13H2,1-2H3. The van der Waals surface area contributed by atoms with E-state index in [9.17, 15) is 8.42 Å². The molecule has 1 rings (SSSR count). The summed E-state index contributed by atoms with van der Waals surface area (Å²) in [7, 11) is -3.28. The number of nitrogens with one attached hydrogen (secondary N) is 1. The molecule has 114 valence electrons. The highest BCUT2D eigenvalue weighted by Gasteiger charge is 2.28. The van der Waals surface area contributed by atoms with Crippen molar-refractivity contribution in [2.24, 2.45) is 5.73 Å². The lowest BCUT2D eigenvalue weighted by molar-refractivity contribution is 0.128. The Bertz CT molecular complexity index is 340. The molecule has 1 aliphatic rings. The fourth-order valence-corrected chi connectivity index (χ4v) is 3.76. The average Bonchev–Trinajstić information content (AvgIpc) is 2.43. The van der Waals surface area contributed by atoms with Crippen LogP contribution in [0.25, 0.3) is 0 Å². The Morgan fingerprint density at radius 3 is 2.32 bits per heavy atom. The van der Waals surface area contributed by atoms with Crippen molar-refractivity contribution in [2.45, 2.75) is 39.2 Å². The number of hydrogen-bond acceptors (Lipinski definition) is 4. The van der Waals surface area contributed by atoms with Crippen LogP contribution in [0, 0.1) is 0 Å². The van der Waals surface area contributed by atoms with Gasteiger partial charge >= 0.3 is 0 Å². The number of rotatable bonds is 8. The number of nitrogens with two attached hydrogens (primary N) is 1. The van der Waals surface area contributed by atoms with Gasteiger partial charge in [-0.2, -0.15) is 12.7 Å². The molecule has 1 fully saturated rings.